The minimum absolute atomic E-state index is 0.131. The number of fused-ring (bicyclic) bond motifs is 1. The maximum absolute atomic E-state index is 12.2. The summed E-state index contributed by atoms with van der Waals surface area (Å²) in [6, 6.07) is 3.59. The molecule has 1 aromatic heterocycles. The predicted octanol–water partition coefficient (Wildman–Crippen LogP) is 0.0514. The maximum Gasteiger partial charge on any atom is 0.267 e. The number of amides is 1. The zero-order chi connectivity index (χ0) is 16.6. The van der Waals surface area contributed by atoms with Gasteiger partial charge in [0.15, 0.2) is 0 Å². The van der Waals surface area contributed by atoms with Gasteiger partial charge in [-0.3, -0.25) is 4.79 Å². The molecule has 2 aliphatic rings. The third kappa shape index (κ3) is 3.44. The number of rotatable bonds is 4. The molecule has 0 bridgehead atoms. The van der Waals surface area contributed by atoms with Gasteiger partial charge in [-0.25, -0.2) is 12.7 Å². The van der Waals surface area contributed by atoms with Crippen LogP contribution in [0.25, 0.3) is 0 Å². The van der Waals surface area contributed by atoms with Crippen molar-refractivity contribution in [1.82, 2.24) is 14.2 Å². The number of nitrogens with zero attached hydrogens (tertiary/aromatic N) is 2. The molecule has 3 atom stereocenters. The van der Waals surface area contributed by atoms with E-state index in [1.54, 1.807) is 10.6 Å². The molecule has 2 fully saturated rings. The standard InChI is InChI=1S/C15H23N3O4S/c1-17-6-3-4-13(17)15(19)16-8-14-12-9-18(23(2,20)21)7-5-11(12)10-22-14/h3-4,6,11-12,14H,5,7-10H2,1-2H3,(H,16,19)/t11-,12+,14-/m0/s1. The van der Waals surface area contributed by atoms with Crippen molar-refractivity contribution in [3.63, 3.8) is 0 Å². The van der Waals surface area contributed by atoms with Crippen LogP contribution in [0.5, 0.6) is 0 Å². The molecule has 0 saturated carbocycles. The molecule has 1 aromatic rings. The highest BCUT2D eigenvalue weighted by molar-refractivity contribution is 7.88. The van der Waals surface area contributed by atoms with Crippen LogP contribution in [0.1, 0.15) is 16.9 Å². The maximum atomic E-state index is 12.2. The Morgan fingerprint density at radius 1 is 1.48 bits per heavy atom. The fraction of sp³-hybridized carbons (Fsp3) is 0.667. The van der Waals surface area contributed by atoms with Crippen LogP contribution < -0.4 is 5.32 Å². The predicted molar refractivity (Wildman–Crippen MR) is 85.5 cm³/mol. The van der Waals surface area contributed by atoms with Crippen LogP contribution in [0.2, 0.25) is 0 Å². The molecule has 3 rings (SSSR count). The number of sulfonamides is 1. The molecule has 0 unspecified atom stereocenters. The van der Waals surface area contributed by atoms with Crippen molar-refractivity contribution in [3.8, 4) is 0 Å². The normalized spacial score (nSPS) is 28.5. The lowest BCUT2D eigenvalue weighted by Crippen LogP contribution is -2.47. The number of ether oxygens (including phenoxy) is 1. The van der Waals surface area contributed by atoms with Gasteiger partial charge in [0, 0.05) is 38.8 Å². The summed E-state index contributed by atoms with van der Waals surface area (Å²) in [6.45, 7) is 2.09. The lowest BCUT2D eigenvalue weighted by Gasteiger charge is -2.34. The van der Waals surface area contributed by atoms with Crippen molar-refractivity contribution >= 4 is 15.9 Å². The number of carbonyl (C=O) groups excluding carboxylic acids is 1. The molecule has 2 saturated heterocycles. The summed E-state index contributed by atoms with van der Waals surface area (Å²) in [4.78, 5) is 12.2. The monoisotopic (exact) mass is 341 g/mol. The Morgan fingerprint density at radius 2 is 2.26 bits per heavy atom. The summed E-state index contributed by atoms with van der Waals surface area (Å²) in [5.74, 6) is 0.387. The first-order valence-corrected chi connectivity index (χ1v) is 9.67. The molecular formula is C15H23N3O4S. The van der Waals surface area contributed by atoms with Crippen LogP contribution in [-0.4, -0.2) is 61.8 Å². The van der Waals surface area contributed by atoms with Crippen molar-refractivity contribution in [2.24, 2.45) is 18.9 Å². The largest absolute Gasteiger partial charge is 0.376 e. The highest BCUT2D eigenvalue weighted by Crippen LogP contribution is 2.34. The van der Waals surface area contributed by atoms with Gasteiger partial charge in [-0.2, -0.15) is 0 Å². The Morgan fingerprint density at radius 3 is 2.91 bits per heavy atom. The Labute approximate surface area is 136 Å². The molecule has 7 nitrogen and oxygen atoms in total. The molecule has 0 spiro atoms. The zero-order valence-electron chi connectivity index (χ0n) is 13.4. The second-order valence-corrected chi connectivity index (χ2v) is 8.40. The number of hydrogen-bond acceptors (Lipinski definition) is 4. The summed E-state index contributed by atoms with van der Waals surface area (Å²) >= 11 is 0. The zero-order valence-corrected chi connectivity index (χ0v) is 14.3. The molecular weight excluding hydrogens is 318 g/mol. The Hall–Kier alpha value is -1.38. The van der Waals surface area contributed by atoms with Gasteiger partial charge < -0.3 is 14.6 Å². The highest BCUT2D eigenvalue weighted by Gasteiger charge is 2.42. The number of piperidine rings is 1. The Bertz CT molecular complexity index is 685. The fourth-order valence-electron chi connectivity index (χ4n) is 3.49. The third-order valence-electron chi connectivity index (χ3n) is 4.88. The van der Waals surface area contributed by atoms with Gasteiger partial charge in [-0.1, -0.05) is 0 Å². The van der Waals surface area contributed by atoms with Crippen LogP contribution in [-0.2, 0) is 21.8 Å². The minimum atomic E-state index is -3.17. The lowest BCUT2D eigenvalue weighted by molar-refractivity contribution is 0.0747. The van der Waals surface area contributed by atoms with Gasteiger partial charge in [-0.05, 0) is 24.5 Å². The first-order chi connectivity index (χ1) is 10.9. The van der Waals surface area contributed by atoms with Crippen molar-refractivity contribution in [2.75, 3.05) is 32.5 Å². The van der Waals surface area contributed by atoms with E-state index in [0.29, 0.717) is 37.9 Å². The van der Waals surface area contributed by atoms with Crippen LogP contribution in [0, 0.1) is 11.8 Å². The Balaban J connectivity index is 1.60. The molecule has 1 N–H and O–H groups in total. The van der Waals surface area contributed by atoms with E-state index in [2.05, 4.69) is 5.32 Å². The second kappa shape index (κ2) is 6.26. The van der Waals surface area contributed by atoms with Gasteiger partial charge in [0.1, 0.15) is 5.69 Å². The van der Waals surface area contributed by atoms with Crippen LogP contribution in [0.15, 0.2) is 18.3 Å². The lowest BCUT2D eigenvalue weighted by atomic mass is 9.85. The molecule has 0 aliphatic carbocycles. The van der Waals surface area contributed by atoms with Crippen molar-refractivity contribution in [3.05, 3.63) is 24.0 Å². The number of aryl methyl sites for hydroxylation is 1. The molecule has 0 radical (unpaired) electrons. The van der Waals surface area contributed by atoms with Gasteiger partial charge in [-0.15, -0.1) is 0 Å². The highest BCUT2D eigenvalue weighted by atomic mass is 32.2. The number of aromatic nitrogens is 1. The van der Waals surface area contributed by atoms with Gasteiger partial charge in [0.25, 0.3) is 5.91 Å². The first-order valence-electron chi connectivity index (χ1n) is 7.82. The molecule has 23 heavy (non-hydrogen) atoms. The minimum Gasteiger partial charge on any atom is -0.376 e. The molecule has 3 heterocycles. The van der Waals surface area contributed by atoms with E-state index in [0.717, 1.165) is 6.42 Å². The van der Waals surface area contributed by atoms with Crippen molar-refractivity contribution in [1.29, 1.82) is 0 Å². The molecule has 0 aromatic carbocycles. The van der Waals surface area contributed by atoms with Gasteiger partial charge >= 0.3 is 0 Å². The molecule has 2 aliphatic heterocycles. The summed E-state index contributed by atoms with van der Waals surface area (Å²) in [5, 5.41) is 2.90. The van der Waals surface area contributed by atoms with Crippen molar-refractivity contribution < 1.29 is 17.9 Å². The summed E-state index contributed by atoms with van der Waals surface area (Å²) < 4.78 is 32.6. The van der Waals surface area contributed by atoms with Crippen molar-refractivity contribution in [2.45, 2.75) is 12.5 Å². The quantitative estimate of drug-likeness (QED) is 0.839. The summed E-state index contributed by atoms with van der Waals surface area (Å²) in [6.07, 6.45) is 3.76. The second-order valence-electron chi connectivity index (χ2n) is 6.42. The topological polar surface area (TPSA) is 80.6 Å². The molecule has 8 heteroatoms. The molecule has 128 valence electrons. The molecule has 1 amide bonds. The Kier molecular flexibility index (Phi) is 4.48. The van der Waals surface area contributed by atoms with E-state index in [4.69, 9.17) is 4.74 Å². The summed E-state index contributed by atoms with van der Waals surface area (Å²) in [5.41, 5.74) is 0.598. The average molecular weight is 341 g/mol. The third-order valence-corrected chi connectivity index (χ3v) is 6.15. The number of carbonyl (C=O) groups is 1. The van der Waals surface area contributed by atoms with Gasteiger partial charge in [0.2, 0.25) is 10.0 Å². The van der Waals surface area contributed by atoms with E-state index < -0.39 is 10.0 Å². The van der Waals surface area contributed by atoms with Crippen LogP contribution in [0.4, 0.5) is 0 Å². The van der Waals surface area contributed by atoms with E-state index >= 15 is 0 Å². The van der Waals surface area contributed by atoms with E-state index in [9.17, 15) is 13.2 Å². The van der Waals surface area contributed by atoms with E-state index in [1.165, 1.54) is 10.6 Å². The van der Waals surface area contributed by atoms with Crippen LogP contribution in [0.3, 0.4) is 0 Å². The fourth-order valence-corrected chi connectivity index (χ4v) is 4.37. The number of nitrogens with one attached hydrogen (secondary N) is 1. The summed E-state index contributed by atoms with van der Waals surface area (Å²) in [7, 11) is -1.35. The smallest absolute Gasteiger partial charge is 0.267 e. The number of hydrogen-bond donors (Lipinski definition) is 1. The van der Waals surface area contributed by atoms with Gasteiger partial charge in [0.05, 0.1) is 19.0 Å². The van der Waals surface area contributed by atoms with Crippen LogP contribution >= 0.6 is 0 Å². The van der Waals surface area contributed by atoms with E-state index in [-0.39, 0.29) is 17.9 Å². The first kappa shape index (κ1) is 16.5. The van der Waals surface area contributed by atoms with E-state index in [1.807, 2.05) is 19.3 Å². The average Bonchev–Trinajstić information content (AvgIpc) is 3.09. The SMILES string of the molecule is Cn1cccc1C(=O)NC[C@@H]1OC[C@@H]2CCN(S(C)(=O)=O)C[C@H]21.